The molecule has 0 heterocycles. The highest BCUT2D eigenvalue weighted by molar-refractivity contribution is 5.18. The molecule has 0 aliphatic carbocycles. The van der Waals surface area contributed by atoms with Crippen molar-refractivity contribution >= 4 is 0 Å². The number of benzene rings is 1. The van der Waals surface area contributed by atoms with E-state index in [-0.39, 0.29) is 6.54 Å². The summed E-state index contributed by atoms with van der Waals surface area (Å²) in [5.74, 6) is -77.5. The molecule has 0 saturated heterocycles. The number of halogens is 21. The largest absolute Gasteiger partial charge is 0.460 e. The fourth-order valence-corrected chi connectivity index (χ4v) is 3.07. The van der Waals surface area contributed by atoms with Crippen molar-refractivity contribution in [2.75, 3.05) is 6.54 Å². The summed E-state index contributed by atoms with van der Waals surface area (Å²) in [6.45, 7) is -1.62. The lowest BCUT2D eigenvalue weighted by Gasteiger charge is -2.44. The highest BCUT2D eigenvalue weighted by Crippen LogP contribution is 2.66. The minimum atomic E-state index is -9.21. The second kappa shape index (κ2) is 11.2. The summed E-state index contributed by atoms with van der Waals surface area (Å²) < 4.78 is 281. The number of alkyl halides is 21. The molecule has 1 rings (SSSR count). The van der Waals surface area contributed by atoms with Crippen LogP contribution in [0.25, 0.3) is 0 Å². The Morgan fingerprint density at radius 2 is 0.814 bits per heavy atom. The van der Waals surface area contributed by atoms with Gasteiger partial charge < -0.3 is 10.4 Å². The quantitative estimate of drug-likeness (QED) is 0.196. The van der Waals surface area contributed by atoms with E-state index in [4.69, 9.17) is 0 Å². The van der Waals surface area contributed by atoms with E-state index >= 15 is 0 Å². The van der Waals surface area contributed by atoms with Gasteiger partial charge in [-0.05, 0) is 5.56 Å². The van der Waals surface area contributed by atoms with Crippen LogP contribution in [-0.4, -0.2) is 77.2 Å². The minimum absolute atomic E-state index is 0.316. The molecule has 0 aliphatic heterocycles. The van der Waals surface area contributed by atoms with Crippen LogP contribution < -0.4 is 5.32 Å². The van der Waals surface area contributed by atoms with Gasteiger partial charge in [0.05, 0.1) is 6.10 Å². The van der Waals surface area contributed by atoms with Gasteiger partial charge in [-0.1, -0.05) is 30.3 Å². The highest BCUT2D eigenvalue weighted by Gasteiger charge is 2.97. The summed E-state index contributed by atoms with van der Waals surface area (Å²) >= 11 is 0. The molecule has 0 fully saturated rings. The average Bonchev–Trinajstić information content (AvgIpc) is 2.82. The van der Waals surface area contributed by atoms with Gasteiger partial charge in [-0.15, -0.1) is 0 Å². The number of aliphatic hydroxyl groups is 1. The van der Waals surface area contributed by atoms with Crippen molar-refractivity contribution < 1.29 is 97.3 Å². The van der Waals surface area contributed by atoms with Crippen LogP contribution >= 0.6 is 0 Å². The molecular formula is C20H14F21NO. The number of hydrogen-bond acceptors (Lipinski definition) is 2. The molecule has 1 aromatic rings. The van der Waals surface area contributed by atoms with Crippen LogP contribution in [0.4, 0.5) is 92.2 Å². The Bertz CT molecular complexity index is 1080. The Morgan fingerprint density at radius 1 is 0.488 bits per heavy atom. The monoisotopic (exact) mass is 683 g/mol. The van der Waals surface area contributed by atoms with Gasteiger partial charge in [0.15, 0.2) is 0 Å². The number of rotatable bonds is 14. The zero-order chi connectivity index (χ0) is 34.5. The van der Waals surface area contributed by atoms with Crippen molar-refractivity contribution in [2.24, 2.45) is 0 Å². The van der Waals surface area contributed by atoms with E-state index in [9.17, 15) is 97.3 Å². The Labute approximate surface area is 224 Å². The third-order valence-electron chi connectivity index (χ3n) is 5.62. The van der Waals surface area contributed by atoms with Crippen molar-refractivity contribution in [1.82, 2.24) is 5.32 Å². The lowest BCUT2D eigenvalue weighted by molar-refractivity contribution is -0.474. The molecule has 2 nitrogen and oxygen atoms in total. The zero-order valence-electron chi connectivity index (χ0n) is 20.0. The lowest BCUT2D eigenvalue weighted by Crippen LogP contribution is -2.76. The molecule has 0 saturated carbocycles. The topological polar surface area (TPSA) is 32.3 Å². The summed E-state index contributed by atoms with van der Waals surface area (Å²) in [5.41, 5.74) is 0.316. The maximum Gasteiger partial charge on any atom is 0.460 e. The van der Waals surface area contributed by atoms with Gasteiger partial charge in [0.25, 0.3) is 0 Å². The predicted molar refractivity (Wildman–Crippen MR) is 99.4 cm³/mol. The molecule has 0 aromatic heterocycles. The van der Waals surface area contributed by atoms with Crippen molar-refractivity contribution in [3.05, 3.63) is 35.9 Å². The Kier molecular flexibility index (Phi) is 10.1. The zero-order valence-corrected chi connectivity index (χ0v) is 20.0. The third kappa shape index (κ3) is 5.90. The molecule has 0 aliphatic rings. The second-order valence-electron chi connectivity index (χ2n) is 8.77. The van der Waals surface area contributed by atoms with Crippen molar-refractivity contribution in [1.29, 1.82) is 0 Å². The smallest absolute Gasteiger partial charge is 0.392 e. The maximum atomic E-state index is 13.9. The van der Waals surface area contributed by atoms with Gasteiger partial charge in [-0.3, -0.25) is 0 Å². The standard InChI is InChI=1S/C20H14F21NO/c21-11(22,6-10(43)8-42-7-9-4-2-1-3-5-9)12(23,24)13(25,26)14(27,28)15(29,30)16(31,32)17(33,34)18(35,36)19(37,38)20(39,40)41/h1-5,10,42-43H,6-8H2/t10-/m1/s1. The summed E-state index contributed by atoms with van der Waals surface area (Å²) in [7, 11) is 0. The molecule has 0 amide bonds. The van der Waals surface area contributed by atoms with Gasteiger partial charge in [-0.2, -0.15) is 92.2 Å². The lowest BCUT2D eigenvalue weighted by atomic mass is 9.85. The van der Waals surface area contributed by atoms with Crippen LogP contribution in [0.3, 0.4) is 0 Å². The van der Waals surface area contributed by atoms with E-state index in [1.807, 2.05) is 0 Å². The minimum Gasteiger partial charge on any atom is -0.392 e. The molecule has 0 unspecified atom stereocenters. The fourth-order valence-electron chi connectivity index (χ4n) is 3.07. The van der Waals surface area contributed by atoms with Crippen LogP contribution in [-0.2, 0) is 6.54 Å². The number of nitrogens with one attached hydrogen (secondary N) is 1. The van der Waals surface area contributed by atoms with E-state index in [0.29, 0.717) is 5.56 Å². The van der Waals surface area contributed by atoms with Gasteiger partial charge in [0.1, 0.15) is 0 Å². The molecule has 0 bridgehead atoms. The molecule has 43 heavy (non-hydrogen) atoms. The van der Waals surface area contributed by atoms with Crippen molar-refractivity contribution in [2.45, 2.75) is 78.5 Å². The van der Waals surface area contributed by atoms with Gasteiger partial charge >= 0.3 is 59.5 Å². The summed E-state index contributed by atoms with van der Waals surface area (Å²) in [6, 6.07) is 6.99. The molecule has 1 aromatic carbocycles. The average molecular weight is 683 g/mol. The van der Waals surface area contributed by atoms with Crippen molar-refractivity contribution in [3.63, 3.8) is 0 Å². The van der Waals surface area contributed by atoms with Crippen LogP contribution in [0, 0.1) is 0 Å². The van der Waals surface area contributed by atoms with E-state index < -0.39 is 78.5 Å². The third-order valence-corrected chi connectivity index (χ3v) is 5.62. The van der Waals surface area contributed by atoms with Crippen LogP contribution in [0.2, 0.25) is 0 Å². The fraction of sp³-hybridized carbons (Fsp3) is 0.700. The van der Waals surface area contributed by atoms with E-state index in [1.165, 1.54) is 30.3 Å². The molecule has 23 heteroatoms. The Balaban J connectivity index is 3.44. The molecule has 0 spiro atoms. The van der Waals surface area contributed by atoms with Crippen LogP contribution in [0.15, 0.2) is 30.3 Å². The van der Waals surface area contributed by atoms with Gasteiger partial charge in [-0.25, -0.2) is 0 Å². The second-order valence-corrected chi connectivity index (χ2v) is 8.77. The molecule has 0 radical (unpaired) electrons. The Hall–Kier alpha value is -2.33. The highest BCUT2D eigenvalue weighted by atomic mass is 19.4. The first-order valence-electron chi connectivity index (χ1n) is 10.6. The van der Waals surface area contributed by atoms with Crippen LogP contribution in [0.5, 0.6) is 0 Å². The first-order chi connectivity index (χ1) is 18.7. The van der Waals surface area contributed by atoms with Gasteiger partial charge in [0, 0.05) is 19.5 Å². The van der Waals surface area contributed by atoms with Crippen LogP contribution in [0.1, 0.15) is 12.0 Å². The number of hydrogen-bond donors (Lipinski definition) is 2. The normalized spacial score (nSPS) is 16.4. The first-order valence-corrected chi connectivity index (χ1v) is 10.6. The van der Waals surface area contributed by atoms with E-state index in [1.54, 1.807) is 0 Å². The molecule has 1 atom stereocenters. The summed E-state index contributed by atoms with van der Waals surface area (Å²) in [4.78, 5) is 0. The first kappa shape index (κ1) is 38.7. The Morgan fingerprint density at radius 3 is 1.16 bits per heavy atom. The summed E-state index contributed by atoms with van der Waals surface area (Å²) in [5, 5.41) is 11.5. The molecular weight excluding hydrogens is 669 g/mol. The van der Waals surface area contributed by atoms with E-state index in [2.05, 4.69) is 5.32 Å². The van der Waals surface area contributed by atoms with E-state index in [0.717, 1.165) is 0 Å². The number of aliphatic hydroxyl groups excluding tert-OH is 1. The SMILES string of the molecule is O[C@@H](CNCc1ccccc1)CC(F)(F)C(F)(F)C(F)(F)C(F)(F)C(F)(F)C(F)(F)C(F)(F)C(F)(F)C(F)(F)C(F)(F)F. The molecule has 2 N–H and O–H groups in total. The predicted octanol–water partition coefficient (Wildman–Crippen LogP) is 7.81. The summed E-state index contributed by atoms with van der Waals surface area (Å²) in [6.07, 6.45) is -14.0. The molecule has 252 valence electrons. The van der Waals surface area contributed by atoms with Gasteiger partial charge in [0.2, 0.25) is 0 Å². The maximum absolute atomic E-state index is 13.9. The van der Waals surface area contributed by atoms with Crippen molar-refractivity contribution in [3.8, 4) is 0 Å².